The highest BCUT2D eigenvalue weighted by Crippen LogP contribution is 2.28. The maximum Gasteiger partial charge on any atom is 0.410 e. The largest absolute Gasteiger partial charge is 0.444 e. The number of piperidine rings is 2. The normalized spacial score (nSPS) is 20.7. The average Bonchev–Trinajstić information content (AvgIpc) is 3.47. The molecule has 15 heteroatoms. The monoisotopic (exact) mass is 723 g/mol. The van der Waals surface area contributed by atoms with E-state index < -0.39 is 17.9 Å². The molecule has 2 atom stereocenters. The van der Waals surface area contributed by atoms with Crippen molar-refractivity contribution in [2.24, 2.45) is 0 Å². The molecule has 6 rings (SSSR count). The molecule has 284 valence electrons. The SMILES string of the molecule is COC1CCN(c2nccc(Nc3cc4c(cn3)c(C(=O)NC3CCN(CCCOC5CN(C(=O)OC(C)(C)C)C5)CC3)cn4C(C)C)n2)CC1F. The van der Waals surface area contributed by atoms with Gasteiger partial charge in [-0.2, -0.15) is 4.98 Å². The first-order chi connectivity index (χ1) is 24.9. The lowest BCUT2D eigenvalue weighted by atomic mass is 10.0. The van der Waals surface area contributed by atoms with Crippen molar-refractivity contribution >= 4 is 40.5 Å². The number of nitrogens with one attached hydrogen (secondary N) is 2. The molecule has 6 heterocycles. The van der Waals surface area contributed by atoms with Crippen LogP contribution in [0.1, 0.15) is 76.7 Å². The number of alkyl halides is 1. The molecule has 3 aromatic rings. The lowest BCUT2D eigenvalue weighted by Gasteiger charge is -2.39. The summed E-state index contributed by atoms with van der Waals surface area (Å²) in [7, 11) is 1.54. The van der Waals surface area contributed by atoms with Crippen molar-refractivity contribution in [3.63, 3.8) is 0 Å². The van der Waals surface area contributed by atoms with Gasteiger partial charge in [-0.25, -0.2) is 19.2 Å². The number of likely N-dealkylation sites (tertiary alicyclic amines) is 2. The number of fused-ring (bicyclic) bond motifs is 1. The summed E-state index contributed by atoms with van der Waals surface area (Å²) < 4.78 is 33.2. The van der Waals surface area contributed by atoms with Crippen LogP contribution in [0.5, 0.6) is 0 Å². The summed E-state index contributed by atoms with van der Waals surface area (Å²) in [5.74, 6) is 1.49. The molecule has 0 aliphatic carbocycles. The van der Waals surface area contributed by atoms with Crippen LogP contribution in [-0.2, 0) is 14.2 Å². The van der Waals surface area contributed by atoms with Crippen molar-refractivity contribution in [2.75, 3.05) is 69.7 Å². The van der Waals surface area contributed by atoms with Crippen molar-refractivity contribution in [1.29, 1.82) is 0 Å². The minimum Gasteiger partial charge on any atom is -0.444 e. The Morgan fingerprint density at radius 1 is 1.06 bits per heavy atom. The second-order valence-electron chi connectivity index (χ2n) is 15.3. The summed E-state index contributed by atoms with van der Waals surface area (Å²) in [5, 5.41) is 7.34. The third-order valence-electron chi connectivity index (χ3n) is 9.88. The molecule has 3 aliphatic rings. The summed E-state index contributed by atoms with van der Waals surface area (Å²) in [6.45, 7) is 15.1. The fourth-order valence-corrected chi connectivity index (χ4v) is 6.97. The van der Waals surface area contributed by atoms with E-state index in [1.165, 1.54) is 7.11 Å². The van der Waals surface area contributed by atoms with Crippen molar-refractivity contribution in [3.05, 3.63) is 36.3 Å². The Morgan fingerprint density at radius 3 is 2.52 bits per heavy atom. The van der Waals surface area contributed by atoms with Crippen LogP contribution in [0.15, 0.2) is 30.7 Å². The fraction of sp³-hybridized carbons (Fsp3) is 0.649. The van der Waals surface area contributed by atoms with E-state index in [-0.39, 0.29) is 36.7 Å². The summed E-state index contributed by atoms with van der Waals surface area (Å²) in [4.78, 5) is 45.3. The van der Waals surface area contributed by atoms with E-state index >= 15 is 0 Å². The van der Waals surface area contributed by atoms with Gasteiger partial charge in [0.2, 0.25) is 5.95 Å². The number of aromatic nitrogens is 4. The summed E-state index contributed by atoms with van der Waals surface area (Å²) >= 11 is 0. The number of hydrogen-bond donors (Lipinski definition) is 2. The van der Waals surface area contributed by atoms with Crippen molar-refractivity contribution < 1.29 is 28.2 Å². The number of nitrogens with zero attached hydrogens (tertiary/aromatic N) is 7. The number of methoxy groups -OCH3 is 1. The van der Waals surface area contributed by atoms with Gasteiger partial charge in [-0.15, -0.1) is 0 Å². The molecule has 0 radical (unpaired) electrons. The molecule has 2 N–H and O–H groups in total. The maximum absolute atomic E-state index is 14.5. The highest BCUT2D eigenvalue weighted by molar-refractivity contribution is 6.07. The van der Waals surface area contributed by atoms with Gasteiger partial charge in [0, 0.05) is 82.0 Å². The minimum atomic E-state index is -1.11. The zero-order valence-electron chi connectivity index (χ0n) is 31.3. The maximum atomic E-state index is 14.5. The van der Waals surface area contributed by atoms with Crippen LogP contribution in [0, 0.1) is 0 Å². The lowest BCUT2D eigenvalue weighted by molar-refractivity contribution is -0.0645. The van der Waals surface area contributed by atoms with Gasteiger partial charge in [0.1, 0.15) is 23.4 Å². The van der Waals surface area contributed by atoms with Crippen molar-refractivity contribution in [1.82, 2.24) is 34.6 Å². The molecular weight excluding hydrogens is 669 g/mol. The molecule has 0 aromatic carbocycles. The fourth-order valence-electron chi connectivity index (χ4n) is 6.97. The van der Waals surface area contributed by atoms with Crippen molar-refractivity contribution in [2.45, 2.75) is 96.4 Å². The zero-order valence-corrected chi connectivity index (χ0v) is 31.3. The molecule has 0 spiro atoms. The Kier molecular flexibility index (Phi) is 11.8. The van der Waals surface area contributed by atoms with E-state index in [4.69, 9.17) is 14.2 Å². The first-order valence-electron chi connectivity index (χ1n) is 18.5. The molecule has 3 aromatic heterocycles. The molecule has 0 saturated carbocycles. The molecular formula is C37H54FN9O5. The van der Waals surface area contributed by atoms with Crippen LogP contribution in [0.4, 0.5) is 26.8 Å². The van der Waals surface area contributed by atoms with Gasteiger partial charge < -0.3 is 44.1 Å². The number of halogens is 1. The van der Waals surface area contributed by atoms with Crippen LogP contribution in [0.25, 0.3) is 10.9 Å². The predicted octanol–water partition coefficient (Wildman–Crippen LogP) is 4.93. The van der Waals surface area contributed by atoms with E-state index in [0.29, 0.717) is 55.8 Å². The first kappa shape index (κ1) is 37.7. The van der Waals surface area contributed by atoms with Crippen LogP contribution in [-0.4, -0.2) is 131 Å². The molecule has 2 amide bonds. The van der Waals surface area contributed by atoms with Crippen LogP contribution >= 0.6 is 0 Å². The average molecular weight is 724 g/mol. The third kappa shape index (κ3) is 9.28. The Hall–Kier alpha value is -4.08. The number of carbonyl (C=O) groups excluding carboxylic acids is 2. The molecule has 52 heavy (non-hydrogen) atoms. The Bertz CT molecular complexity index is 1680. The number of amides is 2. The van der Waals surface area contributed by atoms with E-state index in [9.17, 15) is 14.0 Å². The second-order valence-corrected chi connectivity index (χ2v) is 15.3. The van der Waals surface area contributed by atoms with Crippen LogP contribution < -0.4 is 15.5 Å². The number of carbonyl (C=O) groups is 2. The van der Waals surface area contributed by atoms with Gasteiger partial charge in [-0.05, 0) is 66.4 Å². The van der Waals surface area contributed by atoms with Crippen LogP contribution in [0.2, 0.25) is 0 Å². The highest BCUT2D eigenvalue weighted by atomic mass is 19.1. The quantitative estimate of drug-likeness (QED) is 0.246. The van der Waals surface area contributed by atoms with Gasteiger partial charge >= 0.3 is 6.09 Å². The Balaban J connectivity index is 0.976. The summed E-state index contributed by atoms with van der Waals surface area (Å²) in [5.41, 5.74) is 1.01. The molecule has 2 unspecified atom stereocenters. The number of ether oxygens (including phenoxy) is 3. The molecule has 3 saturated heterocycles. The van der Waals surface area contributed by atoms with E-state index in [1.54, 1.807) is 23.4 Å². The van der Waals surface area contributed by atoms with Gasteiger partial charge in [-0.1, -0.05) is 0 Å². The molecule has 3 aliphatic heterocycles. The number of rotatable bonds is 12. The standard InChI is InChI=1S/C37H54FN9O5/c1-24(2)47-22-28(27-19-40-33(18-30(27)47)42-32-8-12-39-35(43-32)45-16-11-31(50-6)29(38)23-45)34(48)41-25-9-14-44(15-10-25)13-7-17-51-26-20-46(21-26)36(49)52-37(3,4)5/h8,12,18-19,22,24-26,29,31H,7,9-11,13-17,20-21,23H2,1-6H3,(H,41,48)(H,39,40,42,43). The van der Waals surface area contributed by atoms with E-state index in [0.717, 1.165) is 49.8 Å². The summed E-state index contributed by atoms with van der Waals surface area (Å²) in [6, 6.07) is 3.90. The lowest BCUT2D eigenvalue weighted by Crippen LogP contribution is -2.56. The van der Waals surface area contributed by atoms with E-state index in [1.807, 2.05) is 37.9 Å². The summed E-state index contributed by atoms with van der Waals surface area (Å²) in [6.07, 6.45) is 6.82. The third-order valence-corrected chi connectivity index (χ3v) is 9.88. The molecule has 14 nitrogen and oxygen atoms in total. The number of hydrogen-bond acceptors (Lipinski definition) is 11. The Morgan fingerprint density at radius 2 is 1.83 bits per heavy atom. The second kappa shape index (κ2) is 16.3. The molecule has 0 bridgehead atoms. The smallest absolute Gasteiger partial charge is 0.410 e. The molecule has 3 fully saturated rings. The van der Waals surface area contributed by atoms with Gasteiger partial charge in [0.05, 0.1) is 42.9 Å². The Labute approximate surface area is 305 Å². The van der Waals surface area contributed by atoms with Gasteiger partial charge in [0.15, 0.2) is 0 Å². The first-order valence-corrected chi connectivity index (χ1v) is 18.5. The topological polar surface area (TPSA) is 139 Å². The predicted molar refractivity (Wildman–Crippen MR) is 197 cm³/mol. The number of pyridine rings is 1. The zero-order chi connectivity index (χ0) is 37.0. The highest BCUT2D eigenvalue weighted by Gasteiger charge is 2.34. The van der Waals surface area contributed by atoms with Gasteiger partial charge in [-0.3, -0.25) is 4.79 Å². The van der Waals surface area contributed by atoms with Crippen molar-refractivity contribution in [3.8, 4) is 0 Å². The van der Waals surface area contributed by atoms with E-state index in [2.05, 4.69) is 48.9 Å². The number of anilines is 3. The van der Waals surface area contributed by atoms with Gasteiger partial charge in [0.25, 0.3) is 5.91 Å². The van der Waals surface area contributed by atoms with Crippen LogP contribution in [0.3, 0.4) is 0 Å². The minimum absolute atomic E-state index is 0.0717.